The molecule has 0 aliphatic carbocycles. The van der Waals surface area contributed by atoms with Crippen molar-refractivity contribution in [2.45, 2.75) is 6.42 Å². The minimum absolute atomic E-state index is 0. The van der Waals surface area contributed by atoms with Crippen molar-refractivity contribution in [1.82, 2.24) is 24.6 Å². The van der Waals surface area contributed by atoms with E-state index in [0.717, 1.165) is 13.0 Å². The summed E-state index contributed by atoms with van der Waals surface area (Å²) in [5.74, 6) is 0.0833. The third-order valence-corrected chi connectivity index (χ3v) is 4.79. The third-order valence-electron chi connectivity index (χ3n) is 4.79. The molecule has 4 rings (SSSR count). The van der Waals surface area contributed by atoms with Crippen LogP contribution in [0.25, 0.3) is 17.1 Å². The number of primary amides is 1. The van der Waals surface area contributed by atoms with E-state index < -0.39 is 5.91 Å². The second-order valence-electron chi connectivity index (χ2n) is 6.62. The predicted molar refractivity (Wildman–Crippen MR) is 104 cm³/mol. The van der Waals surface area contributed by atoms with Crippen LogP contribution in [-0.2, 0) is 0 Å². The van der Waals surface area contributed by atoms with Crippen LogP contribution in [0.1, 0.15) is 27.4 Å². The molecule has 3 N–H and O–H groups in total. The number of carbonyl (C=O) groups excluding carboxylic acids is 2. The number of halogens is 1. The lowest BCUT2D eigenvalue weighted by Crippen LogP contribution is -2.31. The SMILES string of the molecule is CNCC1CCN(C(=O)c2cc(-c3ccco3)nc3c(C(N)=O)ncn23)C1.Cl. The highest BCUT2D eigenvalue weighted by Gasteiger charge is 2.29. The number of fused-ring (bicyclic) bond motifs is 1. The largest absolute Gasteiger partial charge is 0.463 e. The molecule has 1 saturated heterocycles. The van der Waals surface area contributed by atoms with Gasteiger partial charge in [0.15, 0.2) is 17.1 Å². The molecule has 2 amide bonds. The summed E-state index contributed by atoms with van der Waals surface area (Å²) in [6, 6.07) is 5.13. The minimum atomic E-state index is -0.699. The molecule has 3 aromatic rings. The molecule has 4 heterocycles. The van der Waals surface area contributed by atoms with Crippen LogP contribution in [-0.4, -0.2) is 57.8 Å². The molecule has 9 nitrogen and oxygen atoms in total. The number of nitrogens with zero attached hydrogens (tertiary/aromatic N) is 4. The summed E-state index contributed by atoms with van der Waals surface area (Å²) in [6.45, 7) is 2.23. The molecule has 0 aromatic carbocycles. The lowest BCUT2D eigenvalue weighted by atomic mass is 10.1. The average molecular weight is 405 g/mol. The number of rotatable bonds is 5. The molecule has 3 aromatic heterocycles. The van der Waals surface area contributed by atoms with E-state index in [-0.39, 0.29) is 29.7 Å². The van der Waals surface area contributed by atoms with Crippen molar-refractivity contribution in [2.75, 3.05) is 26.7 Å². The van der Waals surface area contributed by atoms with Gasteiger partial charge in [-0.15, -0.1) is 12.4 Å². The van der Waals surface area contributed by atoms with Crippen LogP contribution in [0.4, 0.5) is 0 Å². The third kappa shape index (κ3) is 3.46. The summed E-state index contributed by atoms with van der Waals surface area (Å²) in [6.07, 6.45) is 3.88. The summed E-state index contributed by atoms with van der Waals surface area (Å²) in [5, 5.41) is 3.16. The number of hydrogen-bond acceptors (Lipinski definition) is 6. The van der Waals surface area contributed by atoms with Gasteiger partial charge in [-0.25, -0.2) is 9.97 Å². The van der Waals surface area contributed by atoms with Crippen LogP contribution in [0.15, 0.2) is 35.2 Å². The van der Waals surface area contributed by atoms with Crippen LogP contribution < -0.4 is 11.1 Å². The van der Waals surface area contributed by atoms with Gasteiger partial charge in [0.05, 0.1) is 6.26 Å². The number of aromatic nitrogens is 3. The van der Waals surface area contributed by atoms with Gasteiger partial charge in [0.25, 0.3) is 11.8 Å². The Morgan fingerprint density at radius 1 is 1.43 bits per heavy atom. The second kappa shape index (κ2) is 7.99. The fourth-order valence-electron chi connectivity index (χ4n) is 3.49. The number of amides is 2. The summed E-state index contributed by atoms with van der Waals surface area (Å²) in [4.78, 5) is 35.2. The molecule has 1 fully saturated rings. The zero-order chi connectivity index (χ0) is 19.0. The number of imidazole rings is 1. The average Bonchev–Trinajstić information content (AvgIpc) is 3.40. The lowest BCUT2D eigenvalue weighted by molar-refractivity contribution is 0.0779. The topological polar surface area (TPSA) is 119 Å². The molecule has 1 atom stereocenters. The Labute approximate surface area is 167 Å². The van der Waals surface area contributed by atoms with Gasteiger partial charge in [-0.05, 0) is 44.1 Å². The highest BCUT2D eigenvalue weighted by Crippen LogP contribution is 2.24. The predicted octanol–water partition coefficient (Wildman–Crippen LogP) is 1.19. The van der Waals surface area contributed by atoms with E-state index >= 15 is 0 Å². The van der Waals surface area contributed by atoms with Gasteiger partial charge in [-0.3, -0.25) is 14.0 Å². The number of carbonyl (C=O) groups is 2. The summed E-state index contributed by atoms with van der Waals surface area (Å²) in [7, 11) is 1.91. The number of hydrogen-bond donors (Lipinski definition) is 2. The van der Waals surface area contributed by atoms with E-state index in [9.17, 15) is 9.59 Å². The summed E-state index contributed by atoms with van der Waals surface area (Å²) >= 11 is 0. The summed E-state index contributed by atoms with van der Waals surface area (Å²) < 4.78 is 6.93. The highest BCUT2D eigenvalue weighted by molar-refractivity contribution is 5.99. The van der Waals surface area contributed by atoms with Gasteiger partial charge in [-0.1, -0.05) is 0 Å². The van der Waals surface area contributed by atoms with E-state index in [2.05, 4.69) is 15.3 Å². The van der Waals surface area contributed by atoms with Gasteiger partial charge >= 0.3 is 0 Å². The van der Waals surface area contributed by atoms with E-state index in [1.54, 1.807) is 18.2 Å². The van der Waals surface area contributed by atoms with Crippen molar-refractivity contribution in [2.24, 2.45) is 11.7 Å². The van der Waals surface area contributed by atoms with E-state index in [1.165, 1.54) is 17.0 Å². The maximum absolute atomic E-state index is 13.2. The number of nitrogens with two attached hydrogens (primary N) is 1. The van der Waals surface area contributed by atoms with Crippen molar-refractivity contribution in [1.29, 1.82) is 0 Å². The quantitative estimate of drug-likeness (QED) is 0.659. The number of nitrogens with one attached hydrogen (secondary N) is 1. The summed E-state index contributed by atoms with van der Waals surface area (Å²) in [5.41, 5.74) is 6.49. The molecule has 1 aliphatic rings. The van der Waals surface area contributed by atoms with Gasteiger partial charge in [0.2, 0.25) is 0 Å². The van der Waals surface area contributed by atoms with Gasteiger partial charge in [0.1, 0.15) is 17.7 Å². The molecule has 10 heteroatoms. The van der Waals surface area contributed by atoms with Crippen LogP contribution in [0.5, 0.6) is 0 Å². The Morgan fingerprint density at radius 3 is 2.93 bits per heavy atom. The minimum Gasteiger partial charge on any atom is -0.463 e. The van der Waals surface area contributed by atoms with Crippen LogP contribution in [0.3, 0.4) is 0 Å². The Balaban J connectivity index is 0.00000225. The maximum atomic E-state index is 13.2. The van der Waals surface area contributed by atoms with E-state index in [0.29, 0.717) is 36.2 Å². The van der Waals surface area contributed by atoms with Crippen LogP contribution in [0.2, 0.25) is 0 Å². The van der Waals surface area contributed by atoms with Crippen molar-refractivity contribution in [3.63, 3.8) is 0 Å². The standard InChI is InChI=1S/C18H20N6O3.ClH/c1-20-8-11-4-5-23(9-11)18(26)13-7-12(14-3-2-6-27-14)22-17-15(16(19)25)21-10-24(13)17;/h2-3,6-7,10-11,20H,4-5,8-9H2,1H3,(H2,19,25);1H. The Kier molecular flexibility index (Phi) is 5.66. The van der Waals surface area contributed by atoms with Crippen molar-refractivity contribution in [3.8, 4) is 11.5 Å². The van der Waals surface area contributed by atoms with Crippen molar-refractivity contribution < 1.29 is 14.0 Å². The number of furan rings is 1. The molecule has 0 saturated carbocycles. The first-order valence-corrected chi connectivity index (χ1v) is 8.74. The van der Waals surface area contributed by atoms with E-state index in [1.807, 2.05) is 11.9 Å². The maximum Gasteiger partial charge on any atom is 0.271 e. The molecule has 148 valence electrons. The highest BCUT2D eigenvalue weighted by atomic mass is 35.5. The molecular weight excluding hydrogens is 384 g/mol. The van der Waals surface area contributed by atoms with Crippen LogP contribution >= 0.6 is 12.4 Å². The first-order valence-electron chi connectivity index (χ1n) is 8.74. The monoisotopic (exact) mass is 404 g/mol. The first kappa shape index (κ1) is 19.8. The Morgan fingerprint density at radius 2 is 2.25 bits per heavy atom. The van der Waals surface area contributed by atoms with Crippen molar-refractivity contribution in [3.05, 3.63) is 42.2 Å². The number of likely N-dealkylation sites (tertiary alicyclic amines) is 1. The first-order chi connectivity index (χ1) is 13.1. The van der Waals surface area contributed by atoms with Crippen LogP contribution in [0, 0.1) is 5.92 Å². The zero-order valence-corrected chi connectivity index (χ0v) is 16.1. The fourth-order valence-corrected chi connectivity index (χ4v) is 3.49. The van der Waals surface area contributed by atoms with Gasteiger partial charge in [0, 0.05) is 13.1 Å². The fraction of sp³-hybridized carbons (Fsp3) is 0.333. The molecule has 28 heavy (non-hydrogen) atoms. The Bertz CT molecular complexity index is 1000. The molecule has 0 spiro atoms. The molecular formula is C18H21ClN6O3. The lowest BCUT2D eigenvalue weighted by Gasteiger charge is -2.18. The zero-order valence-electron chi connectivity index (χ0n) is 15.3. The Hall–Kier alpha value is -2.91. The normalized spacial score (nSPS) is 16.3. The molecule has 0 bridgehead atoms. The molecule has 1 unspecified atom stereocenters. The van der Waals surface area contributed by atoms with E-state index in [4.69, 9.17) is 10.2 Å². The van der Waals surface area contributed by atoms with Gasteiger partial charge in [-0.2, -0.15) is 0 Å². The van der Waals surface area contributed by atoms with Crippen molar-refractivity contribution >= 4 is 29.9 Å². The van der Waals surface area contributed by atoms with Gasteiger partial charge < -0.3 is 20.4 Å². The molecule has 0 radical (unpaired) electrons. The second-order valence-corrected chi connectivity index (χ2v) is 6.62. The smallest absolute Gasteiger partial charge is 0.271 e. The molecule has 1 aliphatic heterocycles.